The number of esters is 2. The Labute approximate surface area is 356 Å². The standard InChI is InChI=1S/C45H83O13P/c1-3-5-7-9-11-13-15-17-19-21-23-25-27-29-31-33-38(46)55-35-37(36-56-59(53,54)58-45-43(51)41(49)40(48)42(50)44(45)52)57-39(47)34-32-30-28-26-24-22-20-18-16-14-12-10-8-6-4-2/h27-30,37,40-45,48-52H,3-26,31-36H2,1-2H3,(H,53,54). The molecule has 1 aliphatic carbocycles. The highest BCUT2D eigenvalue weighted by atomic mass is 31.2. The fourth-order valence-electron chi connectivity index (χ4n) is 7.03. The fourth-order valence-corrected chi connectivity index (χ4v) is 8.00. The molecule has 1 fully saturated rings. The van der Waals surface area contributed by atoms with Crippen molar-refractivity contribution in [2.24, 2.45) is 0 Å². The first kappa shape index (κ1) is 55.3. The Kier molecular flexibility index (Phi) is 33.7. The van der Waals surface area contributed by atoms with Gasteiger partial charge in [-0.1, -0.05) is 167 Å². The van der Waals surface area contributed by atoms with Crippen LogP contribution in [0.15, 0.2) is 24.3 Å². The van der Waals surface area contributed by atoms with Gasteiger partial charge in [0.15, 0.2) is 6.10 Å². The summed E-state index contributed by atoms with van der Waals surface area (Å²) in [4.78, 5) is 35.6. The summed E-state index contributed by atoms with van der Waals surface area (Å²) in [6.45, 7) is 3.24. The number of phosphoric ester groups is 1. The normalized spacial score (nSPS) is 22.5. The number of hydrogen-bond acceptors (Lipinski definition) is 12. The molecule has 14 heteroatoms. The van der Waals surface area contributed by atoms with Crippen molar-refractivity contribution in [3.8, 4) is 0 Å². The zero-order valence-corrected chi connectivity index (χ0v) is 37.4. The van der Waals surface area contributed by atoms with E-state index in [0.29, 0.717) is 12.8 Å². The smallest absolute Gasteiger partial charge is 0.462 e. The van der Waals surface area contributed by atoms with E-state index >= 15 is 0 Å². The van der Waals surface area contributed by atoms with Crippen LogP contribution in [-0.4, -0.2) is 98.3 Å². The van der Waals surface area contributed by atoms with Crippen LogP contribution in [0.2, 0.25) is 0 Å². The SMILES string of the molecule is CCCCCCCCCCCCCC=CCCC(=O)OCC(COP(=O)(O)OC1C(O)C(O)C(O)C(O)C1O)OC(=O)CCC=CCCCCCCCCCCCCC. The molecule has 13 nitrogen and oxygen atoms in total. The third-order valence-electron chi connectivity index (χ3n) is 10.8. The molecular formula is C45H83O13P. The Morgan fingerprint density at radius 3 is 1.29 bits per heavy atom. The molecule has 0 aromatic rings. The van der Waals surface area contributed by atoms with Gasteiger partial charge in [0.1, 0.15) is 43.2 Å². The molecule has 0 radical (unpaired) electrons. The molecule has 0 aromatic carbocycles. The molecule has 59 heavy (non-hydrogen) atoms. The Hall–Kier alpha value is -1.67. The minimum Gasteiger partial charge on any atom is -0.462 e. The van der Waals surface area contributed by atoms with E-state index in [0.717, 1.165) is 25.7 Å². The summed E-state index contributed by atoms with van der Waals surface area (Å²) in [5.74, 6) is -1.21. The Morgan fingerprint density at radius 2 is 0.864 bits per heavy atom. The van der Waals surface area contributed by atoms with E-state index in [4.69, 9.17) is 18.5 Å². The summed E-state index contributed by atoms with van der Waals surface area (Å²) in [6, 6.07) is 0. The average Bonchev–Trinajstić information content (AvgIpc) is 3.21. The second-order valence-corrected chi connectivity index (χ2v) is 17.7. The van der Waals surface area contributed by atoms with Crippen LogP contribution in [0.25, 0.3) is 0 Å². The zero-order valence-electron chi connectivity index (χ0n) is 36.6. The van der Waals surface area contributed by atoms with Crippen LogP contribution in [-0.2, 0) is 32.7 Å². The van der Waals surface area contributed by atoms with Crippen molar-refractivity contribution < 1.29 is 63.1 Å². The molecule has 6 unspecified atom stereocenters. The maximum absolute atomic E-state index is 12.8. The van der Waals surface area contributed by atoms with Gasteiger partial charge in [-0.25, -0.2) is 4.57 Å². The van der Waals surface area contributed by atoms with E-state index in [2.05, 4.69) is 19.9 Å². The number of unbranched alkanes of at least 4 members (excludes halogenated alkanes) is 22. The third kappa shape index (κ3) is 28.5. The molecule has 0 aromatic heterocycles. The molecule has 1 aliphatic rings. The number of aliphatic hydroxyl groups excluding tert-OH is 5. The van der Waals surface area contributed by atoms with Crippen molar-refractivity contribution in [2.75, 3.05) is 13.2 Å². The Balaban J connectivity index is 2.50. The molecule has 6 N–H and O–H groups in total. The van der Waals surface area contributed by atoms with Crippen LogP contribution < -0.4 is 0 Å². The van der Waals surface area contributed by atoms with E-state index in [1.807, 2.05) is 18.2 Å². The molecule has 0 bridgehead atoms. The molecule has 1 saturated carbocycles. The highest BCUT2D eigenvalue weighted by Gasteiger charge is 2.51. The molecule has 6 atom stereocenters. The summed E-state index contributed by atoms with van der Waals surface area (Å²) >= 11 is 0. The van der Waals surface area contributed by atoms with Crippen LogP contribution in [0.3, 0.4) is 0 Å². The Bertz CT molecular complexity index is 1130. The highest BCUT2D eigenvalue weighted by molar-refractivity contribution is 7.47. The van der Waals surface area contributed by atoms with Gasteiger partial charge >= 0.3 is 19.8 Å². The topological polar surface area (TPSA) is 210 Å². The van der Waals surface area contributed by atoms with Gasteiger partial charge < -0.3 is 39.9 Å². The summed E-state index contributed by atoms with van der Waals surface area (Å²) in [5, 5.41) is 50.1. The second kappa shape index (κ2) is 35.9. The quantitative estimate of drug-likeness (QED) is 0.0149. The number of allylic oxidation sites excluding steroid dienone is 4. The summed E-state index contributed by atoms with van der Waals surface area (Å²) in [7, 11) is -5.13. The van der Waals surface area contributed by atoms with Crippen LogP contribution >= 0.6 is 7.82 Å². The van der Waals surface area contributed by atoms with Crippen molar-refractivity contribution in [2.45, 2.75) is 236 Å². The predicted octanol–water partition coefficient (Wildman–Crippen LogP) is 8.84. The molecule has 0 heterocycles. The van der Waals surface area contributed by atoms with E-state index in [-0.39, 0.29) is 12.8 Å². The minimum atomic E-state index is -5.13. The summed E-state index contributed by atoms with van der Waals surface area (Å²) in [5.41, 5.74) is 0. The molecule has 0 aliphatic heterocycles. The van der Waals surface area contributed by atoms with E-state index in [1.165, 1.54) is 128 Å². The lowest BCUT2D eigenvalue weighted by Crippen LogP contribution is -2.64. The number of aliphatic hydroxyl groups is 5. The molecule has 0 saturated heterocycles. The largest absolute Gasteiger partial charge is 0.472 e. The lowest BCUT2D eigenvalue weighted by atomic mass is 9.85. The minimum absolute atomic E-state index is 0.00890. The zero-order chi connectivity index (χ0) is 43.6. The lowest BCUT2D eigenvalue weighted by molar-refractivity contribution is -0.220. The van der Waals surface area contributed by atoms with Gasteiger partial charge in [-0.3, -0.25) is 18.6 Å². The van der Waals surface area contributed by atoms with Crippen LogP contribution in [0, 0.1) is 0 Å². The van der Waals surface area contributed by atoms with Crippen LogP contribution in [0.4, 0.5) is 0 Å². The van der Waals surface area contributed by atoms with E-state index in [9.17, 15) is 44.6 Å². The van der Waals surface area contributed by atoms with Gasteiger partial charge in [0.25, 0.3) is 0 Å². The predicted molar refractivity (Wildman–Crippen MR) is 230 cm³/mol. The summed E-state index contributed by atoms with van der Waals surface area (Å²) < 4.78 is 33.4. The van der Waals surface area contributed by atoms with Crippen molar-refractivity contribution in [1.82, 2.24) is 0 Å². The van der Waals surface area contributed by atoms with Gasteiger partial charge in [0, 0.05) is 12.8 Å². The molecule has 1 rings (SSSR count). The van der Waals surface area contributed by atoms with Crippen molar-refractivity contribution in [3.63, 3.8) is 0 Å². The number of hydrogen-bond donors (Lipinski definition) is 6. The van der Waals surface area contributed by atoms with Crippen molar-refractivity contribution >= 4 is 19.8 Å². The molecular weight excluding hydrogens is 779 g/mol. The van der Waals surface area contributed by atoms with Gasteiger partial charge in [-0.05, 0) is 38.5 Å². The van der Waals surface area contributed by atoms with Gasteiger partial charge in [0.2, 0.25) is 0 Å². The van der Waals surface area contributed by atoms with Gasteiger partial charge in [-0.15, -0.1) is 0 Å². The second-order valence-electron chi connectivity index (χ2n) is 16.3. The molecule has 0 amide bonds. The van der Waals surface area contributed by atoms with Crippen LogP contribution in [0.1, 0.15) is 194 Å². The van der Waals surface area contributed by atoms with Gasteiger partial charge in [-0.2, -0.15) is 0 Å². The van der Waals surface area contributed by atoms with Crippen molar-refractivity contribution in [3.05, 3.63) is 24.3 Å². The van der Waals surface area contributed by atoms with E-state index < -0.39 is 75.7 Å². The number of carbonyl (C=O) groups excluding carboxylic acids is 2. The average molecular weight is 863 g/mol. The lowest BCUT2D eigenvalue weighted by Gasteiger charge is -2.41. The number of phosphoric acid groups is 1. The highest BCUT2D eigenvalue weighted by Crippen LogP contribution is 2.47. The number of rotatable bonds is 38. The maximum Gasteiger partial charge on any atom is 0.472 e. The molecule has 346 valence electrons. The van der Waals surface area contributed by atoms with E-state index in [1.54, 1.807) is 0 Å². The first-order valence-corrected chi connectivity index (χ1v) is 24.6. The molecule has 0 spiro atoms. The number of carbonyl (C=O) groups is 2. The first-order chi connectivity index (χ1) is 28.4. The monoisotopic (exact) mass is 863 g/mol. The fraction of sp³-hybridized carbons (Fsp3) is 0.867. The number of ether oxygens (including phenoxy) is 2. The van der Waals surface area contributed by atoms with Gasteiger partial charge in [0.05, 0.1) is 6.61 Å². The maximum atomic E-state index is 12.8. The third-order valence-corrected chi connectivity index (χ3v) is 11.8. The van der Waals surface area contributed by atoms with Crippen LogP contribution in [0.5, 0.6) is 0 Å². The summed E-state index contributed by atoms with van der Waals surface area (Å²) in [6.07, 6.45) is 25.5. The Morgan fingerprint density at radius 1 is 0.508 bits per heavy atom. The first-order valence-electron chi connectivity index (χ1n) is 23.1. The van der Waals surface area contributed by atoms with Crippen molar-refractivity contribution in [1.29, 1.82) is 0 Å².